The van der Waals surface area contributed by atoms with Gasteiger partial charge in [0.05, 0.1) is 13.2 Å². The maximum Gasteiger partial charge on any atom is 0.119 e. The first-order chi connectivity index (χ1) is 9.36. The normalized spacial score (nSPS) is 12.1. The molecule has 0 radical (unpaired) electrons. The standard InChI is InChI=1S/C16H18O3/c17-16(14-7-3-1-4-8-14)13-18-11-12-19-15-9-5-2-6-10-15/h1-10,16-17H,11-13H2. The van der Waals surface area contributed by atoms with E-state index in [0.717, 1.165) is 11.3 Å². The molecule has 0 saturated heterocycles. The monoisotopic (exact) mass is 258 g/mol. The molecule has 1 N–H and O–H groups in total. The number of rotatable bonds is 7. The fraction of sp³-hybridized carbons (Fsp3) is 0.250. The van der Waals surface area contributed by atoms with Gasteiger partial charge in [0.15, 0.2) is 0 Å². The van der Waals surface area contributed by atoms with Gasteiger partial charge in [-0.2, -0.15) is 0 Å². The number of benzene rings is 2. The van der Waals surface area contributed by atoms with Gasteiger partial charge in [-0.15, -0.1) is 0 Å². The predicted octanol–water partition coefficient (Wildman–Crippen LogP) is 2.82. The van der Waals surface area contributed by atoms with Gasteiger partial charge in [0, 0.05) is 0 Å². The van der Waals surface area contributed by atoms with E-state index in [1.165, 1.54) is 0 Å². The van der Waals surface area contributed by atoms with Gasteiger partial charge in [0.25, 0.3) is 0 Å². The molecule has 1 atom stereocenters. The summed E-state index contributed by atoms with van der Waals surface area (Å²) in [5.41, 5.74) is 0.867. The Morgan fingerprint density at radius 2 is 1.47 bits per heavy atom. The van der Waals surface area contributed by atoms with Crippen LogP contribution >= 0.6 is 0 Å². The quantitative estimate of drug-likeness (QED) is 0.776. The molecule has 3 nitrogen and oxygen atoms in total. The van der Waals surface area contributed by atoms with Crippen LogP contribution in [-0.4, -0.2) is 24.9 Å². The predicted molar refractivity (Wildman–Crippen MR) is 74.2 cm³/mol. The van der Waals surface area contributed by atoms with Gasteiger partial charge in [-0.05, 0) is 17.7 Å². The summed E-state index contributed by atoms with van der Waals surface area (Å²) in [6, 6.07) is 19.1. The number of hydrogen-bond acceptors (Lipinski definition) is 3. The maximum atomic E-state index is 9.87. The van der Waals surface area contributed by atoms with E-state index in [1.54, 1.807) is 0 Å². The van der Waals surface area contributed by atoms with Crippen LogP contribution < -0.4 is 4.74 Å². The molecule has 0 fully saturated rings. The number of aliphatic hydroxyl groups excluding tert-OH is 1. The van der Waals surface area contributed by atoms with E-state index < -0.39 is 6.10 Å². The molecule has 0 heterocycles. The Morgan fingerprint density at radius 3 is 2.16 bits per heavy atom. The van der Waals surface area contributed by atoms with Crippen molar-refractivity contribution in [3.63, 3.8) is 0 Å². The summed E-state index contributed by atoms with van der Waals surface area (Å²) in [5.74, 6) is 0.828. The third kappa shape index (κ3) is 4.73. The Bertz CT molecular complexity index is 456. The minimum atomic E-state index is -0.585. The van der Waals surface area contributed by atoms with E-state index in [0.29, 0.717) is 13.2 Å². The van der Waals surface area contributed by atoms with Gasteiger partial charge >= 0.3 is 0 Å². The molecule has 0 aliphatic heterocycles. The summed E-state index contributed by atoms with van der Waals surface area (Å²) in [7, 11) is 0. The number of aliphatic hydroxyl groups is 1. The van der Waals surface area contributed by atoms with Crippen LogP contribution in [0.5, 0.6) is 5.75 Å². The lowest BCUT2D eigenvalue weighted by Gasteiger charge is -2.12. The Labute approximate surface area is 113 Å². The molecule has 100 valence electrons. The average Bonchev–Trinajstić information content (AvgIpc) is 2.49. The summed E-state index contributed by atoms with van der Waals surface area (Å²) in [5, 5.41) is 9.87. The SMILES string of the molecule is OC(COCCOc1ccccc1)c1ccccc1. The van der Waals surface area contributed by atoms with Gasteiger partial charge in [-0.3, -0.25) is 0 Å². The first-order valence-corrected chi connectivity index (χ1v) is 6.35. The van der Waals surface area contributed by atoms with Gasteiger partial charge in [-0.25, -0.2) is 0 Å². The highest BCUT2D eigenvalue weighted by atomic mass is 16.5. The second-order valence-electron chi connectivity index (χ2n) is 4.16. The van der Waals surface area contributed by atoms with Crippen molar-refractivity contribution in [1.82, 2.24) is 0 Å². The van der Waals surface area contributed by atoms with Crippen LogP contribution in [0.3, 0.4) is 0 Å². The van der Waals surface area contributed by atoms with Gasteiger partial charge in [0.2, 0.25) is 0 Å². The molecule has 0 aliphatic rings. The van der Waals surface area contributed by atoms with E-state index >= 15 is 0 Å². The molecule has 19 heavy (non-hydrogen) atoms. The van der Waals surface area contributed by atoms with Crippen LogP contribution in [0.2, 0.25) is 0 Å². The van der Waals surface area contributed by atoms with E-state index in [4.69, 9.17) is 9.47 Å². The van der Waals surface area contributed by atoms with Crippen molar-refractivity contribution < 1.29 is 14.6 Å². The fourth-order valence-electron chi connectivity index (χ4n) is 1.70. The average molecular weight is 258 g/mol. The molecule has 1 unspecified atom stereocenters. The molecule has 0 bridgehead atoms. The summed E-state index contributed by atoms with van der Waals surface area (Å²) in [6.07, 6.45) is -0.585. The molecular formula is C16H18O3. The molecule has 0 amide bonds. The van der Waals surface area contributed by atoms with Crippen LogP contribution in [0.25, 0.3) is 0 Å². The molecule has 2 rings (SSSR count). The lowest BCUT2D eigenvalue weighted by molar-refractivity contribution is 0.0240. The first kappa shape index (κ1) is 13.6. The molecule has 0 aromatic heterocycles. The third-order valence-corrected chi connectivity index (χ3v) is 2.70. The highest BCUT2D eigenvalue weighted by molar-refractivity contribution is 5.20. The van der Waals surface area contributed by atoms with Crippen LogP contribution in [0.1, 0.15) is 11.7 Å². The second kappa shape index (κ2) is 7.56. The molecule has 0 spiro atoms. The lowest BCUT2D eigenvalue weighted by atomic mass is 10.1. The number of ether oxygens (including phenoxy) is 2. The maximum absolute atomic E-state index is 9.87. The van der Waals surface area contributed by atoms with Crippen LogP contribution in [0, 0.1) is 0 Å². The zero-order valence-electron chi connectivity index (χ0n) is 10.7. The van der Waals surface area contributed by atoms with E-state index in [9.17, 15) is 5.11 Å². The van der Waals surface area contributed by atoms with Crippen LogP contribution in [0.15, 0.2) is 60.7 Å². The van der Waals surface area contributed by atoms with Crippen molar-refractivity contribution in [3.8, 4) is 5.75 Å². The molecular weight excluding hydrogens is 240 g/mol. The summed E-state index contributed by atoms with van der Waals surface area (Å²) >= 11 is 0. The van der Waals surface area contributed by atoms with Crippen LogP contribution in [0.4, 0.5) is 0 Å². The summed E-state index contributed by atoms with van der Waals surface area (Å²) in [4.78, 5) is 0. The minimum absolute atomic E-state index is 0.280. The molecule has 3 heteroatoms. The summed E-state index contributed by atoms with van der Waals surface area (Å²) in [6.45, 7) is 1.21. The van der Waals surface area contributed by atoms with E-state index in [1.807, 2.05) is 60.7 Å². The first-order valence-electron chi connectivity index (χ1n) is 6.35. The van der Waals surface area contributed by atoms with Crippen molar-refractivity contribution in [3.05, 3.63) is 66.2 Å². The van der Waals surface area contributed by atoms with Gasteiger partial charge in [-0.1, -0.05) is 48.5 Å². The van der Waals surface area contributed by atoms with Gasteiger partial charge in [0.1, 0.15) is 18.5 Å². The Morgan fingerprint density at radius 1 is 0.842 bits per heavy atom. The Balaban J connectivity index is 1.62. The highest BCUT2D eigenvalue weighted by Crippen LogP contribution is 2.12. The Kier molecular flexibility index (Phi) is 5.41. The molecule has 0 saturated carbocycles. The number of hydrogen-bond donors (Lipinski definition) is 1. The fourth-order valence-corrected chi connectivity index (χ4v) is 1.70. The third-order valence-electron chi connectivity index (χ3n) is 2.70. The highest BCUT2D eigenvalue weighted by Gasteiger charge is 2.06. The smallest absolute Gasteiger partial charge is 0.119 e. The van der Waals surface area contributed by atoms with E-state index in [2.05, 4.69) is 0 Å². The molecule has 2 aromatic rings. The zero-order chi connectivity index (χ0) is 13.3. The molecule has 2 aromatic carbocycles. The van der Waals surface area contributed by atoms with Crippen LogP contribution in [-0.2, 0) is 4.74 Å². The zero-order valence-corrected chi connectivity index (χ0v) is 10.7. The molecule has 0 aliphatic carbocycles. The summed E-state index contributed by atoms with van der Waals surface area (Å²) < 4.78 is 10.9. The lowest BCUT2D eigenvalue weighted by Crippen LogP contribution is -2.12. The minimum Gasteiger partial charge on any atom is -0.491 e. The van der Waals surface area contributed by atoms with Crippen molar-refractivity contribution >= 4 is 0 Å². The largest absolute Gasteiger partial charge is 0.491 e. The van der Waals surface area contributed by atoms with Gasteiger partial charge < -0.3 is 14.6 Å². The second-order valence-corrected chi connectivity index (χ2v) is 4.16. The van der Waals surface area contributed by atoms with Crippen molar-refractivity contribution in [2.24, 2.45) is 0 Å². The van der Waals surface area contributed by atoms with E-state index in [-0.39, 0.29) is 6.61 Å². The van der Waals surface area contributed by atoms with Crippen molar-refractivity contribution in [2.45, 2.75) is 6.10 Å². The van der Waals surface area contributed by atoms with Crippen molar-refractivity contribution in [1.29, 1.82) is 0 Å². The Hall–Kier alpha value is -1.84. The number of para-hydroxylation sites is 1. The van der Waals surface area contributed by atoms with Crippen molar-refractivity contribution in [2.75, 3.05) is 19.8 Å². The topological polar surface area (TPSA) is 38.7 Å².